The Labute approximate surface area is 176 Å². The van der Waals surface area contributed by atoms with E-state index in [1.807, 2.05) is 30.3 Å². The molecule has 1 aliphatic carbocycles. The van der Waals surface area contributed by atoms with Crippen LogP contribution in [0.25, 0.3) is 11.4 Å². The number of nitrogens with one attached hydrogen (secondary N) is 1. The first-order valence-electron chi connectivity index (χ1n) is 10.8. The third-order valence-electron chi connectivity index (χ3n) is 5.95. The van der Waals surface area contributed by atoms with Crippen LogP contribution in [0.5, 0.6) is 5.75 Å². The van der Waals surface area contributed by atoms with E-state index in [0.717, 1.165) is 60.9 Å². The van der Waals surface area contributed by atoms with Crippen LogP contribution >= 0.6 is 0 Å². The minimum Gasteiger partial charge on any atom is -0.484 e. The van der Waals surface area contributed by atoms with Gasteiger partial charge in [0.25, 0.3) is 5.91 Å². The van der Waals surface area contributed by atoms with Crippen molar-refractivity contribution in [2.45, 2.75) is 51.5 Å². The molecule has 154 valence electrons. The summed E-state index contributed by atoms with van der Waals surface area (Å²) in [5.74, 6) is 2.51. The maximum Gasteiger partial charge on any atom is 0.262 e. The molecule has 6 heteroatoms. The highest BCUT2D eigenvalue weighted by atomic mass is 16.5. The van der Waals surface area contributed by atoms with Crippen LogP contribution in [-0.2, 0) is 30.6 Å². The molecule has 5 rings (SSSR count). The van der Waals surface area contributed by atoms with Crippen LogP contribution in [0.15, 0.2) is 42.5 Å². The van der Waals surface area contributed by atoms with Gasteiger partial charge in [-0.05, 0) is 67.5 Å². The minimum atomic E-state index is -0.173. The Kier molecular flexibility index (Phi) is 5.22. The first-order valence-corrected chi connectivity index (χ1v) is 10.8. The van der Waals surface area contributed by atoms with Crippen LogP contribution in [0.1, 0.15) is 42.6 Å². The lowest BCUT2D eigenvalue weighted by atomic mass is 10.1. The van der Waals surface area contributed by atoms with Crippen molar-refractivity contribution in [1.29, 1.82) is 0 Å². The van der Waals surface area contributed by atoms with Crippen molar-refractivity contribution in [3.63, 3.8) is 0 Å². The number of fused-ring (bicyclic) bond motifs is 2. The highest BCUT2D eigenvalue weighted by Gasteiger charge is 2.17. The topological polar surface area (TPSA) is 69.0 Å². The van der Waals surface area contributed by atoms with E-state index in [0.29, 0.717) is 0 Å². The third-order valence-corrected chi connectivity index (χ3v) is 5.95. The number of benzene rings is 2. The quantitative estimate of drug-likeness (QED) is 0.695. The lowest BCUT2D eigenvalue weighted by molar-refractivity contribution is -0.118. The first-order chi connectivity index (χ1) is 14.8. The SMILES string of the molecule is O=C(COc1ccc2c(c1)CCC2)Nc1cccc(-c2nnc3n2CCCCC3)c1. The fraction of sp³-hybridized carbons (Fsp3) is 0.375. The number of carbonyl (C=O) groups is 1. The van der Waals surface area contributed by atoms with E-state index in [1.165, 1.54) is 30.4 Å². The lowest BCUT2D eigenvalue weighted by Gasteiger charge is -2.11. The zero-order valence-corrected chi connectivity index (χ0v) is 17.1. The molecule has 0 saturated heterocycles. The second-order valence-corrected chi connectivity index (χ2v) is 8.10. The zero-order chi connectivity index (χ0) is 20.3. The highest BCUT2D eigenvalue weighted by molar-refractivity contribution is 5.92. The largest absolute Gasteiger partial charge is 0.484 e. The van der Waals surface area contributed by atoms with Crippen molar-refractivity contribution in [2.24, 2.45) is 0 Å². The van der Waals surface area contributed by atoms with E-state index < -0.39 is 0 Å². The summed E-state index contributed by atoms with van der Waals surface area (Å²) in [4.78, 5) is 12.4. The number of nitrogens with zero attached hydrogens (tertiary/aromatic N) is 3. The number of ether oxygens (including phenoxy) is 1. The molecular weight excluding hydrogens is 376 g/mol. The van der Waals surface area contributed by atoms with Gasteiger partial charge in [0.05, 0.1) is 0 Å². The molecule has 0 spiro atoms. The predicted octanol–water partition coefficient (Wildman–Crippen LogP) is 4.18. The molecular formula is C24H26N4O2. The van der Waals surface area contributed by atoms with Crippen LogP contribution in [-0.4, -0.2) is 27.3 Å². The smallest absolute Gasteiger partial charge is 0.262 e. The number of rotatable bonds is 5. The lowest BCUT2D eigenvalue weighted by Crippen LogP contribution is -2.20. The molecule has 1 aliphatic heterocycles. The number of anilines is 1. The normalized spacial score (nSPS) is 15.2. The van der Waals surface area contributed by atoms with Crippen LogP contribution in [0.3, 0.4) is 0 Å². The first kappa shape index (κ1) is 18.9. The van der Waals surface area contributed by atoms with E-state index >= 15 is 0 Å². The van der Waals surface area contributed by atoms with Crippen LogP contribution in [0.4, 0.5) is 5.69 Å². The molecule has 30 heavy (non-hydrogen) atoms. The van der Waals surface area contributed by atoms with Gasteiger partial charge in [-0.25, -0.2) is 0 Å². The van der Waals surface area contributed by atoms with Gasteiger partial charge in [0.1, 0.15) is 11.6 Å². The molecule has 0 radical (unpaired) electrons. The molecule has 1 aromatic heterocycles. The van der Waals surface area contributed by atoms with Crippen LogP contribution in [0, 0.1) is 0 Å². The highest BCUT2D eigenvalue weighted by Crippen LogP contribution is 2.27. The Morgan fingerprint density at radius 2 is 1.90 bits per heavy atom. The summed E-state index contributed by atoms with van der Waals surface area (Å²) >= 11 is 0. The molecule has 3 aromatic rings. The number of amides is 1. The van der Waals surface area contributed by atoms with Crippen molar-refractivity contribution in [1.82, 2.24) is 14.8 Å². The molecule has 1 N–H and O–H groups in total. The molecule has 2 aliphatic rings. The van der Waals surface area contributed by atoms with Gasteiger partial charge in [-0.1, -0.05) is 24.6 Å². The van der Waals surface area contributed by atoms with Crippen LogP contribution < -0.4 is 10.1 Å². The van der Waals surface area contributed by atoms with Crippen molar-refractivity contribution >= 4 is 11.6 Å². The molecule has 0 unspecified atom stereocenters. The van der Waals surface area contributed by atoms with Crippen molar-refractivity contribution in [3.05, 3.63) is 59.4 Å². The summed E-state index contributed by atoms with van der Waals surface area (Å²) in [6.45, 7) is 0.937. The summed E-state index contributed by atoms with van der Waals surface area (Å²) in [5, 5.41) is 11.7. The maximum atomic E-state index is 12.4. The summed E-state index contributed by atoms with van der Waals surface area (Å²) < 4.78 is 7.93. The molecule has 2 heterocycles. The van der Waals surface area contributed by atoms with Crippen LogP contribution in [0.2, 0.25) is 0 Å². The standard InChI is InChI=1S/C24H26N4O2/c29-23(16-30-21-12-11-17-6-4-7-18(17)15-21)25-20-9-5-8-19(14-20)24-27-26-22-10-2-1-3-13-28(22)24/h5,8-9,11-12,14-15H,1-4,6-7,10,13,16H2,(H,25,29). The Hall–Kier alpha value is -3.15. The number of hydrogen-bond donors (Lipinski definition) is 1. The van der Waals surface area contributed by atoms with Gasteiger partial charge in [-0.3, -0.25) is 4.79 Å². The van der Waals surface area contributed by atoms with Gasteiger partial charge in [0.15, 0.2) is 12.4 Å². The van der Waals surface area contributed by atoms with E-state index in [-0.39, 0.29) is 12.5 Å². The molecule has 1 amide bonds. The molecule has 2 aromatic carbocycles. The van der Waals surface area contributed by atoms with Gasteiger partial charge in [0.2, 0.25) is 0 Å². The zero-order valence-electron chi connectivity index (χ0n) is 17.1. The number of aromatic nitrogens is 3. The van der Waals surface area contributed by atoms with E-state index in [4.69, 9.17) is 4.74 Å². The van der Waals surface area contributed by atoms with Gasteiger partial charge in [-0.2, -0.15) is 0 Å². The summed E-state index contributed by atoms with van der Waals surface area (Å²) in [7, 11) is 0. The molecule has 0 saturated carbocycles. The van der Waals surface area contributed by atoms with Crippen molar-refractivity contribution in [3.8, 4) is 17.1 Å². The second kappa shape index (κ2) is 8.30. The van der Waals surface area contributed by atoms with Crippen molar-refractivity contribution < 1.29 is 9.53 Å². The molecule has 6 nitrogen and oxygen atoms in total. The predicted molar refractivity (Wildman–Crippen MR) is 116 cm³/mol. The number of carbonyl (C=O) groups excluding carboxylic acids is 1. The number of hydrogen-bond acceptors (Lipinski definition) is 4. The van der Waals surface area contributed by atoms with E-state index in [1.54, 1.807) is 0 Å². The fourth-order valence-electron chi connectivity index (χ4n) is 4.42. The minimum absolute atomic E-state index is 0.0106. The Morgan fingerprint density at radius 3 is 2.87 bits per heavy atom. The maximum absolute atomic E-state index is 12.4. The van der Waals surface area contributed by atoms with Crippen molar-refractivity contribution in [2.75, 3.05) is 11.9 Å². The van der Waals surface area contributed by atoms with E-state index in [2.05, 4.69) is 32.2 Å². The summed E-state index contributed by atoms with van der Waals surface area (Å²) in [5.41, 5.74) is 4.44. The third kappa shape index (κ3) is 3.95. The Balaban J connectivity index is 1.25. The summed E-state index contributed by atoms with van der Waals surface area (Å²) in [6.07, 6.45) is 7.95. The fourth-order valence-corrected chi connectivity index (χ4v) is 4.42. The average Bonchev–Trinajstić information content (AvgIpc) is 3.33. The molecule has 0 fully saturated rings. The van der Waals surface area contributed by atoms with E-state index in [9.17, 15) is 4.79 Å². The monoisotopic (exact) mass is 402 g/mol. The number of aryl methyl sites for hydroxylation is 3. The van der Waals surface area contributed by atoms with Gasteiger partial charge in [0, 0.05) is 24.2 Å². The second-order valence-electron chi connectivity index (χ2n) is 8.10. The molecule has 0 atom stereocenters. The molecule has 0 bridgehead atoms. The van der Waals surface area contributed by atoms with Gasteiger partial charge in [-0.15, -0.1) is 10.2 Å². The van der Waals surface area contributed by atoms with Gasteiger partial charge >= 0.3 is 0 Å². The van der Waals surface area contributed by atoms with Gasteiger partial charge < -0.3 is 14.6 Å². The Bertz CT molecular complexity index is 1070. The average molecular weight is 402 g/mol. The summed E-state index contributed by atoms with van der Waals surface area (Å²) in [6, 6.07) is 13.9. The Morgan fingerprint density at radius 1 is 0.967 bits per heavy atom.